The van der Waals surface area contributed by atoms with Crippen LogP contribution in [0.1, 0.15) is 18.4 Å². The summed E-state index contributed by atoms with van der Waals surface area (Å²) in [6.07, 6.45) is 1.50. The van der Waals surface area contributed by atoms with E-state index in [0.29, 0.717) is 12.3 Å². The van der Waals surface area contributed by atoms with Crippen LogP contribution in [0, 0.1) is 5.92 Å². The van der Waals surface area contributed by atoms with Gasteiger partial charge in [-0.25, -0.2) is 0 Å². The third kappa shape index (κ3) is 5.65. The second-order valence-corrected chi connectivity index (χ2v) is 5.68. The maximum absolute atomic E-state index is 11.6. The number of guanidine groups is 1. The Morgan fingerprint density at radius 2 is 2.04 bits per heavy atom. The van der Waals surface area contributed by atoms with Crippen molar-refractivity contribution in [3.8, 4) is 11.5 Å². The van der Waals surface area contributed by atoms with E-state index in [4.69, 9.17) is 9.47 Å². The number of carbonyl (C=O) groups excluding carboxylic acids is 1. The van der Waals surface area contributed by atoms with E-state index < -0.39 is 0 Å². The number of phenols is 1. The van der Waals surface area contributed by atoms with Crippen LogP contribution < -0.4 is 10.1 Å². The molecule has 2 rings (SSSR count). The number of esters is 1. The van der Waals surface area contributed by atoms with E-state index in [0.717, 1.165) is 37.5 Å². The highest BCUT2D eigenvalue weighted by atomic mass is 127. The highest BCUT2D eigenvalue weighted by Crippen LogP contribution is 2.23. The van der Waals surface area contributed by atoms with E-state index in [1.807, 2.05) is 0 Å². The molecule has 0 bridgehead atoms. The lowest BCUT2D eigenvalue weighted by atomic mass is 9.97. The minimum Gasteiger partial charge on any atom is -0.508 e. The molecule has 0 radical (unpaired) electrons. The minimum atomic E-state index is -0.140. The van der Waals surface area contributed by atoms with Crippen molar-refractivity contribution in [3.05, 3.63) is 23.8 Å². The number of aliphatic imine (C=N–C) groups is 1. The Kier molecular flexibility index (Phi) is 8.81. The van der Waals surface area contributed by atoms with Crippen molar-refractivity contribution in [1.82, 2.24) is 10.2 Å². The van der Waals surface area contributed by atoms with Gasteiger partial charge in [-0.2, -0.15) is 0 Å². The molecule has 25 heavy (non-hydrogen) atoms. The molecule has 1 fully saturated rings. The number of carbonyl (C=O) groups is 1. The van der Waals surface area contributed by atoms with Gasteiger partial charge in [0.1, 0.15) is 11.5 Å². The SMILES string of the molecule is CN=C(NCc1cc(OC)ccc1O)N1CCC(C(=O)OC)CC1.I. The van der Waals surface area contributed by atoms with Crippen molar-refractivity contribution in [1.29, 1.82) is 0 Å². The molecule has 8 heteroatoms. The van der Waals surface area contributed by atoms with Crippen LogP contribution in [0.4, 0.5) is 0 Å². The van der Waals surface area contributed by atoms with E-state index >= 15 is 0 Å². The highest BCUT2D eigenvalue weighted by Gasteiger charge is 2.26. The number of aromatic hydroxyl groups is 1. The van der Waals surface area contributed by atoms with Gasteiger partial charge in [0, 0.05) is 32.2 Å². The number of nitrogens with one attached hydrogen (secondary N) is 1. The largest absolute Gasteiger partial charge is 0.508 e. The molecule has 1 saturated heterocycles. The van der Waals surface area contributed by atoms with Gasteiger partial charge in [-0.3, -0.25) is 9.79 Å². The molecule has 0 aromatic heterocycles. The van der Waals surface area contributed by atoms with Gasteiger partial charge in [-0.15, -0.1) is 24.0 Å². The van der Waals surface area contributed by atoms with Crippen LogP contribution in [-0.2, 0) is 16.1 Å². The lowest BCUT2D eigenvalue weighted by Gasteiger charge is -2.33. The number of rotatable bonds is 4. The van der Waals surface area contributed by atoms with Crippen molar-refractivity contribution < 1.29 is 19.4 Å². The van der Waals surface area contributed by atoms with Crippen molar-refractivity contribution in [2.24, 2.45) is 10.9 Å². The number of nitrogens with zero attached hydrogens (tertiary/aromatic N) is 2. The molecule has 0 atom stereocenters. The van der Waals surface area contributed by atoms with Crippen LogP contribution in [0.15, 0.2) is 23.2 Å². The number of likely N-dealkylation sites (tertiary alicyclic amines) is 1. The first-order valence-electron chi connectivity index (χ1n) is 7.98. The topological polar surface area (TPSA) is 83.4 Å². The monoisotopic (exact) mass is 463 g/mol. The summed E-state index contributed by atoms with van der Waals surface area (Å²) in [5, 5.41) is 13.2. The van der Waals surface area contributed by atoms with Crippen LogP contribution >= 0.6 is 24.0 Å². The Morgan fingerprint density at radius 1 is 1.36 bits per heavy atom. The van der Waals surface area contributed by atoms with Crippen LogP contribution in [0.3, 0.4) is 0 Å². The van der Waals surface area contributed by atoms with Gasteiger partial charge in [0.25, 0.3) is 0 Å². The highest BCUT2D eigenvalue weighted by molar-refractivity contribution is 14.0. The number of phenolic OH excluding ortho intramolecular Hbond substituents is 1. The molecule has 0 saturated carbocycles. The summed E-state index contributed by atoms with van der Waals surface area (Å²) < 4.78 is 9.99. The van der Waals surface area contributed by atoms with Crippen molar-refractivity contribution in [3.63, 3.8) is 0 Å². The number of ether oxygens (including phenoxy) is 2. The zero-order valence-electron chi connectivity index (χ0n) is 14.8. The summed E-state index contributed by atoms with van der Waals surface area (Å²) in [7, 11) is 4.74. The zero-order valence-corrected chi connectivity index (χ0v) is 17.1. The molecule has 7 nitrogen and oxygen atoms in total. The van der Waals surface area contributed by atoms with E-state index in [1.54, 1.807) is 32.4 Å². The summed E-state index contributed by atoms with van der Waals surface area (Å²) in [6, 6.07) is 5.12. The second kappa shape index (κ2) is 10.3. The fourth-order valence-corrected chi connectivity index (χ4v) is 2.83. The zero-order chi connectivity index (χ0) is 17.5. The van der Waals surface area contributed by atoms with E-state index in [-0.39, 0.29) is 41.6 Å². The maximum atomic E-state index is 11.6. The molecule has 1 aromatic rings. The van der Waals surface area contributed by atoms with E-state index in [1.165, 1.54) is 7.11 Å². The molecular weight excluding hydrogens is 437 g/mol. The predicted octanol–water partition coefficient (Wildman–Crippen LogP) is 1.98. The summed E-state index contributed by atoms with van der Waals surface area (Å²) >= 11 is 0. The summed E-state index contributed by atoms with van der Waals surface area (Å²) in [5.74, 6) is 1.48. The first-order valence-corrected chi connectivity index (χ1v) is 7.98. The average Bonchev–Trinajstić information content (AvgIpc) is 2.63. The van der Waals surface area contributed by atoms with Crippen molar-refractivity contribution in [2.45, 2.75) is 19.4 Å². The average molecular weight is 463 g/mol. The Balaban J connectivity index is 0.00000312. The van der Waals surface area contributed by atoms with Crippen molar-refractivity contribution in [2.75, 3.05) is 34.4 Å². The minimum absolute atomic E-state index is 0. The van der Waals surface area contributed by atoms with Gasteiger partial charge in [0.2, 0.25) is 0 Å². The number of halogens is 1. The quantitative estimate of drug-likeness (QED) is 0.308. The van der Waals surface area contributed by atoms with Gasteiger partial charge in [0.15, 0.2) is 5.96 Å². The Bertz CT molecular complexity index is 602. The van der Waals surface area contributed by atoms with Gasteiger partial charge < -0.3 is 24.8 Å². The first kappa shape index (κ1) is 21.3. The normalized spacial score (nSPS) is 15.3. The van der Waals surface area contributed by atoms with Crippen LogP contribution in [0.25, 0.3) is 0 Å². The number of hydrogen-bond donors (Lipinski definition) is 2. The third-order valence-corrected chi connectivity index (χ3v) is 4.26. The van der Waals surface area contributed by atoms with Crippen LogP contribution in [0.5, 0.6) is 11.5 Å². The van der Waals surface area contributed by atoms with Gasteiger partial charge in [-0.05, 0) is 31.0 Å². The lowest BCUT2D eigenvalue weighted by molar-refractivity contribution is -0.146. The smallest absolute Gasteiger partial charge is 0.308 e. The summed E-state index contributed by atoms with van der Waals surface area (Å²) in [4.78, 5) is 18.0. The first-order chi connectivity index (χ1) is 11.6. The third-order valence-electron chi connectivity index (χ3n) is 4.26. The number of benzene rings is 1. The summed E-state index contributed by atoms with van der Waals surface area (Å²) in [5.41, 5.74) is 0.736. The number of hydrogen-bond acceptors (Lipinski definition) is 5. The van der Waals surface area contributed by atoms with Gasteiger partial charge in [0.05, 0.1) is 20.1 Å². The molecule has 0 aliphatic carbocycles. The molecule has 0 amide bonds. The fourth-order valence-electron chi connectivity index (χ4n) is 2.83. The second-order valence-electron chi connectivity index (χ2n) is 5.68. The van der Waals surface area contributed by atoms with Crippen molar-refractivity contribution >= 4 is 35.9 Å². The molecule has 1 heterocycles. The molecule has 140 valence electrons. The molecule has 0 spiro atoms. The van der Waals surface area contributed by atoms with E-state index in [2.05, 4.69) is 15.2 Å². The van der Waals surface area contributed by atoms with Gasteiger partial charge in [-0.1, -0.05) is 0 Å². The molecule has 2 N–H and O–H groups in total. The molecule has 1 aliphatic heterocycles. The van der Waals surface area contributed by atoms with E-state index in [9.17, 15) is 9.90 Å². The maximum Gasteiger partial charge on any atom is 0.308 e. The Morgan fingerprint density at radius 3 is 2.60 bits per heavy atom. The molecular formula is C17H26IN3O4. The number of piperidine rings is 1. The van der Waals surface area contributed by atoms with Gasteiger partial charge >= 0.3 is 5.97 Å². The Hall–Kier alpha value is -1.71. The van der Waals surface area contributed by atoms with Crippen LogP contribution in [0.2, 0.25) is 0 Å². The van der Waals surface area contributed by atoms with Crippen LogP contribution in [-0.4, -0.2) is 56.3 Å². The fraction of sp³-hybridized carbons (Fsp3) is 0.529. The predicted molar refractivity (Wildman–Crippen MR) is 107 cm³/mol. The molecule has 0 unspecified atom stereocenters. The standard InChI is InChI=1S/C17H25N3O4.HI/c1-18-17(20-8-6-12(7-9-20)16(22)24-3)19-11-13-10-14(23-2)4-5-15(13)21;/h4-5,10,12,21H,6-9,11H2,1-3H3,(H,18,19);1H. The number of methoxy groups -OCH3 is 2. The summed E-state index contributed by atoms with van der Waals surface area (Å²) in [6.45, 7) is 1.92. The molecule has 1 aromatic carbocycles. The Labute approximate surface area is 165 Å². The molecule has 1 aliphatic rings. The lowest BCUT2D eigenvalue weighted by Crippen LogP contribution is -2.46.